The Balaban J connectivity index is 2.19. The summed E-state index contributed by atoms with van der Waals surface area (Å²) in [6, 6.07) is 7.86. The minimum atomic E-state index is -0.491. The van der Waals surface area contributed by atoms with Gasteiger partial charge in [-0.2, -0.15) is 5.26 Å². The van der Waals surface area contributed by atoms with E-state index >= 15 is 0 Å². The monoisotopic (exact) mass is 232 g/mol. The minimum absolute atomic E-state index is 0.491. The topological polar surface area (TPSA) is 45.5 Å². The average Bonchev–Trinajstić information content (AvgIpc) is 2.31. The molecule has 0 amide bonds. The second kappa shape index (κ2) is 4.36. The van der Waals surface area contributed by atoms with Gasteiger partial charge in [-0.25, -0.2) is 0 Å². The molecule has 0 unspecified atom stereocenters. The fourth-order valence-corrected chi connectivity index (χ4v) is 2.07. The lowest BCUT2D eigenvalue weighted by Gasteiger charge is -2.49. The minimum Gasteiger partial charge on any atom is -0.360 e. The van der Waals surface area contributed by atoms with Crippen LogP contribution in [0.4, 0.5) is 5.69 Å². The van der Waals surface area contributed by atoms with Gasteiger partial charge in [0.2, 0.25) is 5.79 Å². The van der Waals surface area contributed by atoms with Gasteiger partial charge >= 0.3 is 0 Å². The lowest BCUT2D eigenvalue weighted by atomic mass is 10.0. The second-order valence-corrected chi connectivity index (χ2v) is 4.29. The number of ether oxygens (including phenoxy) is 2. The molecule has 0 atom stereocenters. The first kappa shape index (κ1) is 11.9. The predicted octanol–water partition coefficient (Wildman–Crippen LogP) is 1.68. The molecule has 1 aromatic rings. The van der Waals surface area contributed by atoms with Crippen LogP contribution in [0.5, 0.6) is 0 Å². The zero-order valence-electron chi connectivity index (χ0n) is 10.4. The van der Waals surface area contributed by atoms with Gasteiger partial charge in [0.15, 0.2) is 0 Å². The molecule has 1 aliphatic heterocycles. The van der Waals surface area contributed by atoms with Crippen LogP contribution in [0.2, 0.25) is 0 Å². The molecule has 2 rings (SSSR count). The van der Waals surface area contributed by atoms with Crippen LogP contribution in [0.25, 0.3) is 0 Å². The Morgan fingerprint density at radius 3 is 2.47 bits per heavy atom. The molecular formula is C13H16N2O2. The number of benzene rings is 1. The number of hydrogen-bond acceptors (Lipinski definition) is 4. The van der Waals surface area contributed by atoms with Crippen LogP contribution in [-0.2, 0) is 9.47 Å². The van der Waals surface area contributed by atoms with Crippen LogP contribution in [0.1, 0.15) is 11.1 Å². The Morgan fingerprint density at radius 1 is 1.29 bits per heavy atom. The Kier molecular flexibility index (Phi) is 3.05. The van der Waals surface area contributed by atoms with E-state index in [4.69, 9.17) is 14.7 Å². The maximum Gasteiger partial charge on any atom is 0.203 e. The summed E-state index contributed by atoms with van der Waals surface area (Å²) in [5.41, 5.74) is 2.91. The Morgan fingerprint density at radius 2 is 1.94 bits per heavy atom. The smallest absolute Gasteiger partial charge is 0.203 e. The van der Waals surface area contributed by atoms with Crippen molar-refractivity contribution >= 4 is 5.69 Å². The molecule has 1 fully saturated rings. The molecule has 0 saturated carbocycles. The fraction of sp³-hybridized carbons (Fsp3) is 0.462. The number of anilines is 1. The van der Waals surface area contributed by atoms with E-state index in [9.17, 15) is 0 Å². The first-order valence-corrected chi connectivity index (χ1v) is 5.50. The molecule has 0 spiro atoms. The van der Waals surface area contributed by atoms with Crippen LogP contribution >= 0.6 is 0 Å². The lowest BCUT2D eigenvalue weighted by Crippen LogP contribution is -2.64. The van der Waals surface area contributed by atoms with E-state index in [1.54, 1.807) is 14.2 Å². The number of aryl methyl sites for hydroxylation is 1. The van der Waals surface area contributed by atoms with Gasteiger partial charge in [-0.15, -0.1) is 0 Å². The summed E-state index contributed by atoms with van der Waals surface area (Å²) >= 11 is 0. The van der Waals surface area contributed by atoms with Gasteiger partial charge in [-0.05, 0) is 24.6 Å². The Hall–Kier alpha value is -1.57. The highest BCUT2D eigenvalue weighted by Crippen LogP contribution is 2.33. The molecule has 90 valence electrons. The summed E-state index contributed by atoms with van der Waals surface area (Å²) in [5.74, 6) is -0.491. The third kappa shape index (κ3) is 1.99. The van der Waals surface area contributed by atoms with Gasteiger partial charge in [0.25, 0.3) is 0 Å². The van der Waals surface area contributed by atoms with E-state index in [0.717, 1.165) is 11.3 Å². The van der Waals surface area contributed by atoms with Crippen molar-refractivity contribution in [1.82, 2.24) is 0 Å². The summed E-state index contributed by atoms with van der Waals surface area (Å²) in [7, 11) is 3.30. The van der Waals surface area contributed by atoms with E-state index in [0.29, 0.717) is 18.7 Å². The van der Waals surface area contributed by atoms with Crippen molar-refractivity contribution in [3.05, 3.63) is 29.3 Å². The summed E-state index contributed by atoms with van der Waals surface area (Å²) in [6.45, 7) is 3.42. The molecule has 1 aromatic carbocycles. The van der Waals surface area contributed by atoms with E-state index in [2.05, 4.69) is 11.0 Å². The van der Waals surface area contributed by atoms with Crippen molar-refractivity contribution in [2.45, 2.75) is 12.7 Å². The van der Waals surface area contributed by atoms with Crippen molar-refractivity contribution < 1.29 is 9.47 Å². The molecule has 1 saturated heterocycles. The van der Waals surface area contributed by atoms with Crippen LogP contribution in [0.3, 0.4) is 0 Å². The molecule has 1 heterocycles. The van der Waals surface area contributed by atoms with Gasteiger partial charge in [0, 0.05) is 19.9 Å². The summed E-state index contributed by atoms with van der Waals surface area (Å²) in [4.78, 5) is 2.16. The van der Waals surface area contributed by atoms with E-state index in [-0.39, 0.29) is 0 Å². The van der Waals surface area contributed by atoms with Crippen molar-refractivity contribution in [1.29, 1.82) is 5.26 Å². The third-order valence-electron chi connectivity index (χ3n) is 3.29. The second-order valence-electron chi connectivity index (χ2n) is 4.29. The van der Waals surface area contributed by atoms with Gasteiger partial charge in [-0.1, -0.05) is 6.07 Å². The Labute approximate surface area is 101 Å². The maximum atomic E-state index is 8.90. The first-order chi connectivity index (χ1) is 8.14. The number of rotatable bonds is 3. The molecule has 4 nitrogen and oxygen atoms in total. The fourth-order valence-electron chi connectivity index (χ4n) is 2.07. The highest BCUT2D eigenvalue weighted by Gasteiger charge is 2.44. The standard InChI is InChI=1S/C13H16N2O2/c1-10-4-5-11(7-14)6-12(10)15-8-13(9-15,16-2)17-3/h4-6H,8-9H2,1-3H3. The van der Waals surface area contributed by atoms with Crippen LogP contribution in [0.15, 0.2) is 18.2 Å². The van der Waals surface area contributed by atoms with E-state index in [1.165, 1.54) is 0 Å². The molecule has 1 aliphatic rings. The zero-order valence-corrected chi connectivity index (χ0v) is 10.4. The van der Waals surface area contributed by atoms with Crippen LogP contribution in [0, 0.1) is 18.3 Å². The first-order valence-electron chi connectivity index (χ1n) is 5.50. The number of nitriles is 1. The lowest BCUT2D eigenvalue weighted by molar-refractivity contribution is -0.219. The molecular weight excluding hydrogens is 216 g/mol. The molecule has 0 aliphatic carbocycles. The van der Waals surface area contributed by atoms with Crippen molar-refractivity contribution in [3.8, 4) is 6.07 Å². The largest absolute Gasteiger partial charge is 0.360 e. The molecule has 0 N–H and O–H groups in total. The van der Waals surface area contributed by atoms with Crippen molar-refractivity contribution in [2.24, 2.45) is 0 Å². The molecule has 0 aromatic heterocycles. The highest BCUT2D eigenvalue weighted by molar-refractivity contribution is 5.59. The van der Waals surface area contributed by atoms with E-state index in [1.807, 2.05) is 25.1 Å². The van der Waals surface area contributed by atoms with Crippen molar-refractivity contribution in [3.63, 3.8) is 0 Å². The van der Waals surface area contributed by atoms with Gasteiger partial charge < -0.3 is 14.4 Å². The van der Waals surface area contributed by atoms with Gasteiger partial charge in [0.05, 0.1) is 24.7 Å². The maximum absolute atomic E-state index is 8.90. The van der Waals surface area contributed by atoms with Crippen LogP contribution < -0.4 is 4.90 Å². The Bertz CT molecular complexity index is 453. The highest BCUT2D eigenvalue weighted by atomic mass is 16.7. The number of hydrogen-bond donors (Lipinski definition) is 0. The molecule has 0 bridgehead atoms. The quantitative estimate of drug-likeness (QED) is 0.744. The molecule has 0 radical (unpaired) electrons. The number of methoxy groups -OCH3 is 2. The average molecular weight is 232 g/mol. The van der Waals surface area contributed by atoms with Crippen molar-refractivity contribution in [2.75, 3.05) is 32.2 Å². The molecule has 17 heavy (non-hydrogen) atoms. The SMILES string of the molecule is COC1(OC)CN(c2cc(C#N)ccc2C)C1. The molecule has 4 heteroatoms. The summed E-state index contributed by atoms with van der Waals surface area (Å²) in [5, 5.41) is 8.90. The predicted molar refractivity (Wildman–Crippen MR) is 64.9 cm³/mol. The van der Waals surface area contributed by atoms with E-state index < -0.39 is 5.79 Å². The normalized spacial score (nSPS) is 17.4. The summed E-state index contributed by atoms with van der Waals surface area (Å²) in [6.07, 6.45) is 0. The van der Waals surface area contributed by atoms with Gasteiger partial charge in [0.1, 0.15) is 0 Å². The third-order valence-corrected chi connectivity index (χ3v) is 3.29. The van der Waals surface area contributed by atoms with Gasteiger partial charge in [-0.3, -0.25) is 0 Å². The number of nitrogens with zero attached hydrogens (tertiary/aromatic N) is 2. The summed E-state index contributed by atoms with van der Waals surface area (Å²) < 4.78 is 10.7. The zero-order chi connectivity index (χ0) is 12.5. The van der Waals surface area contributed by atoms with Crippen LogP contribution in [-0.4, -0.2) is 33.1 Å².